The fourth-order valence-electron chi connectivity index (χ4n) is 4.54. The molecular formula is C27H24F2N4O3. The van der Waals surface area contributed by atoms with E-state index in [9.17, 15) is 9.59 Å². The van der Waals surface area contributed by atoms with E-state index in [0.29, 0.717) is 29.2 Å². The number of imide groups is 1. The number of carbonyl (C=O) groups excluding carboxylic acids is 2. The van der Waals surface area contributed by atoms with Crippen LogP contribution < -0.4 is 4.90 Å². The van der Waals surface area contributed by atoms with Gasteiger partial charge in [-0.3, -0.25) is 9.48 Å². The molecule has 2 saturated heterocycles. The van der Waals surface area contributed by atoms with Gasteiger partial charge in [0.1, 0.15) is 5.69 Å². The molecule has 0 spiro atoms. The Hall–Kier alpha value is -4.03. The van der Waals surface area contributed by atoms with E-state index in [-0.39, 0.29) is 18.0 Å². The van der Waals surface area contributed by atoms with E-state index in [1.807, 2.05) is 6.07 Å². The molecule has 3 amide bonds. The molecule has 0 saturated carbocycles. The van der Waals surface area contributed by atoms with E-state index in [2.05, 4.69) is 16.9 Å². The van der Waals surface area contributed by atoms with Crippen LogP contribution in [0.25, 0.3) is 0 Å². The molecule has 2 aliphatic rings. The van der Waals surface area contributed by atoms with Gasteiger partial charge in [0.25, 0.3) is 0 Å². The van der Waals surface area contributed by atoms with Crippen LogP contribution in [0.3, 0.4) is 0 Å². The molecule has 0 aliphatic carbocycles. The fraction of sp³-hybridized carbons (Fsp3) is 0.296. The van der Waals surface area contributed by atoms with Crippen molar-refractivity contribution in [2.75, 3.05) is 25.2 Å². The van der Waals surface area contributed by atoms with Crippen molar-refractivity contribution in [2.45, 2.75) is 31.3 Å². The largest absolute Gasteiger partial charge is 0.379 e. The number of amides is 3. The van der Waals surface area contributed by atoms with Gasteiger partial charge in [0, 0.05) is 36.5 Å². The lowest BCUT2D eigenvalue weighted by atomic mass is 9.87. The normalized spacial score (nSPS) is 22.1. The number of rotatable bonds is 3. The number of halogens is 2. The van der Waals surface area contributed by atoms with Gasteiger partial charge in [-0.2, -0.15) is 5.10 Å². The number of hydrogen-bond acceptors (Lipinski definition) is 4. The second-order valence-electron chi connectivity index (χ2n) is 9.15. The number of urea groups is 1. The Labute approximate surface area is 207 Å². The van der Waals surface area contributed by atoms with Crippen LogP contribution in [-0.2, 0) is 15.1 Å². The van der Waals surface area contributed by atoms with E-state index in [1.54, 1.807) is 48.3 Å². The zero-order valence-electron chi connectivity index (χ0n) is 19.9. The highest BCUT2D eigenvalue weighted by Crippen LogP contribution is 2.39. The molecule has 0 N–H and O–H groups in total. The summed E-state index contributed by atoms with van der Waals surface area (Å²) in [6.45, 7) is 2.93. The number of ether oxygens (including phenoxy) is 1. The molecule has 5 rings (SSSR count). The molecule has 3 aromatic rings. The molecule has 2 fully saturated rings. The second-order valence-corrected chi connectivity index (χ2v) is 9.15. The van der Waals surface area contributed by atoms with Crippen LogP contribution in [0.5, 0.6) is 0 Å². The summed E-state index contributed by atoms with van der Waals surface area (Å²) in [6.07, 6.45) is 4.07. The molecule has 184 valence electrons. The van der Waals surface area contributed by atoms with Crippen LogP contribution in [0.15, 0.2) is 54.9 Å². The first-order valence-electron chi connectivity index (χ1n) is 11.6. The standard InChI is InChI=1S/C27H24F2N4O3/c1-27(20-15-30-32(16-20)21-10-11-36-17-21)14-24(34)33(26(35)31(27)2)25-22(28)12-19(13-23(25)29)9-8-18-6-4-3-5-7-18/h3-7,12-13,15-16,21H,10-11,14,17H2,1-2H3/t21?,27-/m0/s1. The van der Waals surface area contributed by atoms with Gasteiger partial charge in [-0.05, 0) is 37.6 Å². The van der Waals surface area contributed by atoms with Gasteiger partial charge in [0.2, 0.25) is 5.91 Å². The monoisotopic (exact) mass is 490 g/mol. The molecule has 1 unspecified atom stereocenters. The highest BCUT2D eigenvalue weighted by atomic mass is 19.1. The van der Waals surface area contributed by atoms with Crippen LogP contribution in [0.2, 0.25) is 0 Å². The third kappa shape index (κ3) is 4.14. The number of carbonyl (C=O) groups is 2. The summed E-state index contributed by atoms with van der Waals surface area (Å²) >= 11 is 0. The maximum atomic E-state index is 15.1. The first-order valence-corrected chi connectivity index (χ1v) is 11.6. The lowest BCUT2D eigenvalue weighted by molar-refractivity contribution is -0.122. The second kappa shape index (κ2) is 9.21. The van der Waals surface area contributed by atoms with E-state index >= 15 is 8.78 Å². The maximum absolute atomic E-state index is 15.1. The van der Waals surface area contributed by atoms with Crippen molar-refractivity contribution in [3.63, 3.8) is 0 Å². The van der Waals surface area contributed by atoms with Crippen molar-refractivity contribution in [2.24, 2.45) is 0 Å². The minimum Gasteiger partial charge on any atom is -0.379 e. The molecule has 7 nitrogen and oxygen atoms in total. The lowest BCUT2D eigenvalue weighted by Gasteiger charge is -2.45. The minimum atomic E-state index is -1.04. The topological polar surface area (TPSA) is 67.7 Å². The Morgan fingerprint density at radius 1 is 1.08 bits per heavy atom. The highest BCUT2D eigenvalue weighted by molar-refractivity contribution is 6.16. The SMILES string of the molecule is CN1C(=O)N(c2c(F)cc(C#Cc3ccccc3)cc2F)C(=O)C[C@@]1(C)c1cnn(C2CCOC2)c1. The highest BCUT2D eigenvalue weighted by Gasteiger charge is 2.48. The lowest BCUT2D eigenvalue weighted by Crippen LogP contribution is -2.60. The molecule has 36 heavy (non-hydrogen) atoms. The average molecular weight is 491 g/mol. The van der Waals surface area contributed by atoms with Gasteiger partial charge in [-0.25, -0.2) is 18.5 Å². The van der Waals surface area contributed by atoms with Gasteiger partial charge < -0.3 is 9.64 Å². The quantitative estimate of drug-likeness (QED) is 0.516. The Kier molecular flexibility index (Phi) is 6.06. The Morgan fingerprint density at radius 3 is 2.44 bits per heavy atom. The number of nitrogens with zero attached hydrogens (tertiary/aromatic N) is 4. The van der Waals surface area contributed by atoms with Crippen LogP contribution in [-0.4, -0.2) is 46.9 Å². The zero-order valence-corrected chi connectivity index (χ0v) is 19.9. The van der Waals surface area contributed by atoms with Crippen LogP contribution in [0.1, 0.15) is 42.5 Å². The van der Waals surface area contributed by atoms with Crippen LogP contribution in [0, 0.1) is 23.5 Å². The molecule has 2 aliphatic heterocycles. The summed E-state index contributed by atoms with van der Waals surface area (Å²) in [5.41, 5.74) is -0.297. The van der Waals surface area contributed by atoms with Crippen LogP contribution >= 0.6 is 0 Å². The van der Waals surface area contributed by atoms with Crippen molar-refractivity contribution in [1.82, 2.24) is 14.7 Å². The van der Waals surface area contributed by atoms with E-state index in [4.69, 9.17) is 4.74 Å². The average Bonchev–Trinajstić information content (AvgIpc) is 3.56. The van der Waals surface area contributed by atoms with Gasteiger partial charge in [-0.15, -0.1) is 0 Å². The van der Waals surface area contributed by atoms with Crippen LogP contribution in [0.4, 0.5) is 19.3 Å². The van der Waals surface area contributed by atoms with Crippen molar-refractivity contribution >= 4 is 17.6 Å². The Balaban J connectivity index is 1.42. The summed E-state index contributed by atoms with van der Waals surface area (Å²) < 4.78 is 37.4. The zero-order chi connectivity index (χ0) is 25.4. The van der Waals surface area contributed by atoms with E-state index in [1.165, 1.54) is 11.9 Å². The van der Waals surface area contributed by atoms with Gasteiger partial charge in [0.05, 0.1) is 30.8 Å². The van der Waals surface area contributed by atoms with E-state index < -0.39 is 34.8 Å². The Bertz CT molecular complexity index is 1370. The van der Waals surface area contributed by atoms with Crippen molar-refractivity contribution in [3.8, 4) is 11.8 Å². The molecule has 0 bridgehead atoms. The predicted octanol–water partition coefficient (Wildman–Crippen LogP) is 4.23. The third-order valence-electron chi connectivity index (χ3n) is 6.83. The summed E-state index contributed by atoms with van der Waals surface area (Å²) in [5, 5.41) is 4.40. The maximum Gasteiger partial charge on any atom is 0.332 e. The molecular weight excluding hydrogens is 466 g/mol. The number of benzene rings is 2. The van der Waals surface area contributed by atoms with E-state index in [0.717, 1.165) is 18.6 Å². The smallest absolute Gasteiger partial charge is 0.332 e. The first kappa shape index (κ1) is 23.7. The molecule has 2 atom stereocenters. The fourth-order valence-corrected chi connectivity index (χ4v) is 4.54. The summed E-state index contributed by atoms with van der Waals surface area (Å²) in [5.74, 6) is 2.76. The third-order valence-corrected chi connectivity index (χ3v) is 6.83. The number of aromatic nitrogens is 2. The molecule has 3 heterocycles. The molecule has 9 heteroatoms. The van der Waals surface area contributed by atoms with Crippen molar-refractivity contribution in [3.05, 3.63) is 83.2 Å². The van der Waals surface area contributed by atoms with Gasteiger partial charge in [0.15, 0.2) is 11.6 Å². The van der Waals surface area contributed by atoms with Crippen molar-refractivity contribution in [1.29, 1.82) is 0 Å². The molecule has 1 aromatic heterocycles. The minimum absolute atomic E-state index is 0.0887. The van der Waals surface area contributed by atoms with Gasteiger partial charge >= 0.3 is 6.03 Å². The Morgan fingerprint density at radius 2 is 1.78 bits per heavy atom. The summed E-state index contributed by atoms with van der Waals surface area (Å²) in [6, 6.07) is 10.3. The van der Waals surface area contributed by atoms with Crippen molar-refractivity contribution < 1.29 is 23.1 Å². The number of hydrogen-bond donors (Lipinski definition) is 0. The first-order chi connectivity index (χ1) is 17.3. The molecule has 0 radical (unpaired) electrons. The molecule has 2 aromatic carbocycles. The van der Waals surface area contributed by atoms with Gasteiger partial charge in [-0.1, -0.05) is 30.0 Å². The predicted molar refractivity (Wildman–Crippen MR) is 128 cm³/mol. The summed E-state index contributed by atoms with van der Waals surface area (Å²) in [7, 11) is 1.51. The number of anilines is 1. The summed E-state index contributed by atoms with van der Waals surface area (Å²) in [4.78, 5) is 28.4.